The molecule has 3 aromatic rings. The minimum atomic E-state index is -0.0373. The van der Waals surface area contributed by atoms with Gasteiger partial charge in [0.1, 0.15) is 5.76 Å². The van der Waals surface area contributed by atoms with Gasteiger partial charge in [-0.25, -0.2) is 0 Å². The minimum Gasteiger partial charge on any atom is -0.468 e. The zero-order chi connectivity index (χ0) is 18.9. The fraction of sp³-hybridized carbons (Fsp3) is 0.190. The van der Waals surface area contributed by atoms with Crippen molar-refractivity contribution in [2.24, 2.45) is 0 Å². The van der Waals surface area contributed by atoms with E-state index < -0.39 is 0 Å². The quantitative estimate of drug-likeness (QED) is 0.374. The van der Waals surface area contributed by atoms with Crippen molar-refractivity contribution >= 4 is 34.7 Å². The summed E-state index contributed by atoms with van der Waals surface area (Å²) in [5, 5.41) is 5.10. The summed E-state index contributed by atoms with van der Waals surface area (Å²) >= 11 is 3.35. The third-order valence-corrected chi connectivity index (χ3v) is 5.73. The van der Waals surface area contributed by atoms with E-state index in [1.54, 1.807) is 29.4 Å². The highest BCUT2D eigenvalue weighted by atomic mass is 32.2. The number of carbonyl (C=O) groups is 1. The summed E-state index contributed by atoms with van der Waals surface area (Å²) in [6.07, 6.45) is 3.52. The molecule has 0 saturated heterocycles. The molecule has 3 rings (SSSR count). The molecule has 0 aliphatic rings. The molecule has 6 heteroatoms. The third kappa shape index (κ3) is 6.13. The molecule has 0 fully saturated rings. The molecule has 0 atom stereocenters. The zero-order valence-corrected chi connectivity index (χ0v) is 16.6. The lowest BCUT2D eigenvalue weighted by atomic mass is 10.3. The summed E-state index contributed by atoms with van der Waals surface area (Å²) in [4.78, 5) is 17.0. The lowest BCUT2D eigenvalue weighted by Gasteiger charge is -2.20. The topological polar surface area (TPSA) is 45.5 Å². The van der Waals surface area contributed by atoms with Crippen LogP contribution < -0.4 is 5.32 Å². The van der Waals surface area contributed by atoms with Crippen LogP contribution >= 0.6 is 23.1 Å². The predicted octanol–water partition coefficient (Wildman–Crippen LogP) is 5.26. The highest BCUT2D eigenvalue weighted by molar-refractivity contribution is 7.99. The Morgan fingerprint density at radius 1 is 1.19 bits per heavy atom. The number of thioether (sulfide) groups is 1. The normalized spacial score (nSPS) is 10.9. The first-order chi connectivity index (χ1) is 13.2. The molecule has 0 bridgehead atoms. The van der Waals surface area contributed by atoms with E-state index in [4.69, 9.17) is 4.42 Å². The van der Waals surface area contributed by atoms with Gasteiger partial charge in [0.05, 0.1) is 25.0 Å². The van der Waals surface area contributed by atoms with E-state index in [0.717, 1.165) is 22.1 Å². The molecule has 2 aromatic heterocycles. The van der Waals surface area contributed by atoms with Gasteiger partial charge in [-0.1, -0.05) is 24.3 Å². The number of benzene rings is 1. The van der Waals surface area contributed by atoms with Crippen LogP contribution in [-0.4, -0.2) is 23.1 Å². The second-order valence-electron chi connectivity index (χ2n) is 5.95. The van der Waals surface area contributed by atoms with E-state index in [1.807, 2.05) is 53.9 Å². The molecule has 140 valence electrons. The largest absolute Gasteiger partial charge is 0.468 e. The Hall–Kier alpha value is -2.28. The van der Waals surface area contributed by atoms with Gasteiger partial charge in [-0.05, 0) is 35.7 Å². The highest BCUT2D eigenvalue weighted by Crippen LogP contribution is 2.27. The van der Waals surface area contributed by atoms with E-state index in [2.05, 4.69) is 22.9 Å². The highest BCUT2D eigenvalue weighted by Gasteiger charge is 2.15. The first-order valence-corrected chi connectivity index (χ1v) is 10.5. The number of hydrogen-bond donors (Lipinski definition) is 1. The molecule has 2 heterocycles. The Balaban J connectivity index is 1.66. The standard InChI is InChI=1S/C21H22N2O2S2/c1-2-12-27-20-10-4-3-9-19(20)22-21(24)16-23(14-17-7-5-11-25-17)15-18-8-6-13-26-18/h2-11,13H,1,12,14-16H2,(H,22,24). The minimum absolute atomic E-state index is 0.0373. The molecular formula is C21H22N2O2S2. The molecule has 1 amide bonds. The molecule has 27 heavy (non-hydrogen) atoms. The number of hydrogen-bond acceptors (Lipinski definition) is 5. The lowest BCUT2D eigenvalue weighted by molar-refractivity contribution is -0.117. The third-order valence-electron chi connectivity index (χ3n) is 3.80. The fourth-order valence-electron chi connectivity index (χ4n) is 2.65. The van der Waals surface area contributed by atoms with Gasteiger partial charge < -0.3 is 9.73 Å². The van der Waals surface area contributed by atoms with Gasteiger partial charge in [0.25, 0.3) is 0 Å². The number of furan rings is 1. The maximum Gasteiger partial charge on any atom is 0.238 e. The molecule has 0 spiro atoms. The van der Waals surface area contributed by atoms with Crippen molar-refractivity contribution < 1.29 is 9.21 Å². The van der Waals surface area contributed by atoms with Crippen LogP contribution in [0.1, 0.15) is 10.6 Å². The Labute approximate surface area is 167 Å². The number of anilines is 1. The Bertz CT molecular complexity index is 809. The number of nitrogens with zero attached hydrogens (tertiary/aromatic N) is 1. The summed E-state index contributed by atoms with van der Waals surface area (Å²) in [6, 6.07) is 15.7. The van der Waals surface area contributed by atoms with Crippen LogP contribution in [0, 0.1) is 0 Å². The Morgan fingerprint density at radius 3 is 2.81 bits per heavy atom. The molecule has 1 N–H and O–H groups in total. The first kappa shape index (κ1) is 19.5. The smallest absolute Gasteiger partial charge is 0.238 e. The van der Waals surface area contributed by atoms with Gasteiger partial charge in [-0.3, -0.25) is 9.69 Å². The SMILES string of the molecule is C=CCSc1ccccc1NC(=O)CN(Cc1ccco1)Cc1cccs1. The van der Waals surface area contributed by atoms with Crippen LogP contribution in [0.15, 0.2) is 82.1 Å². The number of thiophene rings is 1. The molecular weight excluding hydrogens is 376 g/mol. The predicted molar refractivity (Wildman–Crippen MR) is 113 cm³/mol. The Morgan fingerprint density at radius 2 is 2.07 bits per heavy atom. The van der Waals surface area contributed by atoms with Crippen molar-refractivity contribution in [2.45, 2.75) is 18.0 Å². The molecule has 4 nitrogen and oxygen atoms in total. The molecule has 0 unspecified atom stereocenters. The Kier molecular flexibility index (Phi) is 7.33. The number of nitrogens with one attached hydrogen (secondary N) is 1. The number of amides is 1. The number of carbonyl (C=O) groups excluding carboxylic acids is 1. The summed E-state index contributed by atoms with van der Waals surface area (Å²) in [7, 11) is 0. The summed E-state index contributed by atoms with van der Waals surface area (Å²) in [6.45, 7) is 5.34. The summed E-state index contributed by atoms with van der Waals surface area (Å²) in [5.74, 6) is 1.61. The van der Waals surface area contributed by atoms with Crippen LogP contribution in [0.5, 0.6) is 0 Å². The summed E-state index contributed by atoms with van der Waals surface area (Å²) in [5.41, 5.74) is 0.837. The van der Waals surface area contributed by atoms with E-state index in [0.29, 0.717) is 19.6 Å². The molecule has 1 aromatic carbocycles. The van der Waals surface area contributed by atoms with Gasteiger partial charge >= 0.3 is 0 Å². The first-order valence-electron chi connectivity index (χ1n) is 8.64. The maximum atomic E-state index is 12.7. The second kappa shape index (κ2) is 10.2. The van der Waals surface area contributed by atoms with Crippen LogP contribution in [0.25, 0.3) is 0 Å². The van der Waals surface area contributed by atoms with Gasteiger partial charge in [0, 0.05) is 22.1 Å². The lowest BCUT2D eigenvalue weighted by Crippen LogP contribution is -2.32. The number of rotatable bonds is 10. The average Bonchev–Trinajstić information content (AvgIpc) is 3.35. The van der Waals surface area contributed by atoms with E-state index in [1.165, 1.54) is 4.88 Å². The molecule has 0 radical (unpaired) electrons. The van der Waals surface area contributed by atoms with Crippen molar-refractivity contribution in [3.63, 3.8) is 0 Å². The van der Waals surface area contributed by atoms with Gasteiger partial charge in [-0.2, -0.15) is 0 Å². The fourth-order valence-corrected chi connectivity index (χ4v) is 4.14. The van der Waals surface area contributed by atoms with Crippen LogP contribution in [0.4, 0.5) is 5.69 Å². The van der Waals surface area contributed by atoms with Crippen LogP contribution in [0.3, 0.4) is 0 Å². The van der Waals surface area contributed by atoms with Gasteiger partial charge in [-0.15, -0.1) is 29.7 Å². The van der Waals surface area contributed by atoms with E-state index in [-0.39, 0.29) is 5.91 Å². The van der Waals surface area contributed by atoms with E-state index >= 15 is 0 Å². The monoisotopic (exact) mass is 398 g/mol. The van der Waals surface area contributed by atoms with Crippen molar-refractivity contribution in [3.05, 3.63) is 83.5 Å². The summed E-state index contributed by atoms with van der Waals surface area (Å²) < 4.78 is 5.46. The van der Waals surface area contributed by atoms with Crippen molar-refractivity contribution in [2.75, 3.05) is 17.6 Å². The number of para-hydroxylation sites is 1. The van der Waals surface area contributed by atoms with Crippen molar-refractivity contribution in [1.29, 1.82) is 0 Å². The van der Waals surface area contributed by atoms with Crippen molar-refractivity contribution in [3.8, 4) is 0 Å². The van der Waals surface area contributed by atoms with Crippen LogP contribution in [0.2, 0.25) is 0 Å². The maximum absolute atomic E-state index is 12.7. The van der Waals surface area contributed by atoms with Gasteiger partial charge in [0.15, 0.2) is 0 Å². The second-order valence-corrected chi connectivity index (χ2v) is 8.04. The van der Waals surface area contributed by atoms with Crippen LogP contribution in [-0.2, 0) is 17.9 Å². The molecule has 0 aliphatic heterocycles. The molecule has 0 saturated carbocycles. The van der Waals surface area contributed by atoms with E-state index in [9.17, 15) is 4.79 Å². The zero-order valence-electron chi connectivity index (χ0n) is 15.0. The van der Waals surface area contributed by atoms with Gasteiger partial charge in [0.2, 0.25) is 5.91 Å². The molecule has 0 aliphatic carbocycles. The average molecular weight is 399 g/mol. The van der Waals surface area contributed by atoms with Crippen molar-refractivity contribution in [1.82, 2.24) is 4.90 Å².